The SMILES string of the molecule is CC(CN1CCCC1)NC(=O)N1CCCCCC1C(=O)O. The van der Waals surface area contributed by atoms with Crippen molar-refractivity contribution in [2.24, 2.45) is 0 Å². The van der Waals surface area contributed by atoms with Crippen LogP contribution in [0.1, 0.15) is 45.4 Å². The molecule has 0 bridgehead atoms. The Bertz CT molecular complexity index is 369. The van der Waals surface area contributed by atoms with Crippen molar-refractivity contribution in [3.63, 3.8) is 0 Å². The van der Waals surface area contributed by atoms with Crippen molar-refractivity contribution in [1.29, 1.82) is 0 Å². The molecule has 6 nitrogen and oxygen atoms in total. The van der Waals surface area contributed by atoms with Gasteiger partial charge in [0.15, 0.2) is 0 Å². The number of carbonyl (C=O) groups excluding carboxylic acids is 1. The molecule has 0 aromatic heterocycles. The number of hydrogen-bond acceptors (Lipinski definition) is 3. The Labute approximate surface area is 126 Å². The third-order valence-electron chi connectivity index (χ3n) is 4.40. The number of amides is 2. The molecule has 2 unspecified atom stereocenters. The van der Waals surface area contributed by atoms with Gasteiger partial charge >= 0.3 is 12.0 Å². The Morgan fingerprint density at radius 2 is 1.81 bits per heavy atom. The van der Waals surface area contributed by atoms with E-state index in [0.29, 0.717) is 13.0 Å². The highest BCUT2D eigenvalue weighted by Gasteiger charge is 2.31. The molecular weight excluding hydrogens is 270 g/mol. The molecule has 0 saturated carbocycles. The standard InChI is InChI=1S/C15H27N3O3/c1-12(11-17-8-5-6-9-17)16-15(21)18-10-4-2-3-7-13(18)14(19)20/h12-13H,2-11H2,1H3,(H,16,21)(H,19,20). The lowest BCUT2D eigenvalue weighted by atomic mass is 10.1. The van der Waals surface area contributed by atoms with E-state index in [9.17, 15) is 14.7 Å². The number of hydrogen-bond donors (Lipinski definition) is 2. The van der Waals surface area contributed by atoms with E-state index in [4.69, 9.17) is 0 Å². The van der Waals surface area contributed by atoms with Crippen LogP contribution in [0.5, 0.6) is 0 Å². The average Bonchev–Trinajstić information content (AvgIpc) is 2.79. The monoisotopic (exact) mass is 297 g/mol. The molecule has 2 aliphatic heterocycles. The van der Waals surface area contributed by atoms with Gasteiger partial charge in [-0.2, -0.15) is 0 Å². The fraction of sp³-hybridized carbons (Fsp3) is 0.867. The second kappa shape index (κ2) is 7.64. The van der Waals surface area contributed by atoms with Crippen molar-refractivity contribution in [2.75, 3.05) is 26.2 Å². The third-order valence-corrected chi connectivity index (χ3v) is 4.40. The number of likely N-dealkylation sites (tertiary alicyclic amines) is 2. The molecule has 2 atom stereocenters. The maximum atomic E-state index is 12.4. The lowest BCUT2D eigenvalue weighted by Gasteiger charge is -2.29. The number of carboxylic acid groups (broad SMARTS) is 1. The number of nitrogens with one attached hydrogen (secondary N) is 1. The Morgan fingerprint density at radius 3 is 2.48 bits per heavy atom. The molecule has 6 heteroatoms. The summed E-state index contributed by atoms with van der Waals surface area (Å²) in [6.45, 7) is 5.57. The van der Waals surface area contributed by atoms with Crippen molar-refractivity contribution in [2.45, 2.75) is 57.5 Å². The molecular formula is C15H27N3O3. The van der Waals surface area contributed by atoms with Gasteiger partial charge in [-0.1, -0.05) is 12.8 Å². The quantitative estimate of drug-likeness (QED) is 0.825. The van der Waals surface area contributed by atoms with Crippen molar-refractivity contribution in [3.8, 4) is 0 Å². The van der Waals surface area contributed by atoms with Gasteiger partial charge < -0.3 is 20.2 Å². The van der Waals surface area contributed by atoms with Gasteiger partial charge in [0.05, 0.1) is 0 Å². The number of aliphatic carboxylic acids is 1. The van der Waals surface area contributed by atoms with Gasteiger partial charge in [-0.3, -0.25) is 0 Å². The smallest absolute Gasteiger partial charge is 0.326 e. The number of nitrogens with zero attached hydrogens (tertiary/aromatic N) is 2. The fourth-order valence-corrected chi connectivity index (χ4v) is 3.30. The third kappa shape index (κ3) is 4.59. The summed E-state index contributed by atoms with van der Waals surface area (Å²) >= 11 is 0. The summed E-state index contributed by atoms with van der Waals surface area (Å²) in [5.41, 5.74) is 0. The van der Waals surface area contributed by atoms with Crippen LogP contribution in [0.3, 0.4) is 0 Å². The minimum atomic E-state index is -0.890. The topological polar surface area (TPSA) is 72.9 Å². The van der Waals surface area contributed by atoms with Crippen molar-refractivity contribution in [3.05, 3.63) is 0 Å². The van der Waals surface area contributed by atoms with Crippen LogP contribution < -0.4 is 5.32 Å². The van der Waals surface area contributed by atoms with Crippen molar-refractivity contribution in [1.82, 2.24) is 15.1 Å². The molecule has 2 fully saturated rings. The van der Waals surface area contributed by atoms with Crippen LogP contribution >= 0.6 is 0 Å². The van der Waals surface area contributed by atoms with Crippen LogP contribution in [0.25, 0.3) is 0 Å². The van der Waals surface area contributed by atoms with E-state index in [1.54, 1.807) is 0 Å². The molecule has 2 saturated heterocycles. The van der Waals surface area contributed by atoms with E-state index in [2.05, 4.69) is 10.2 Å². The highest BCUT2D eigenvalue weighted by molar-refractivity contribution is 5.82. The predicted octanol–water partition coefficient (Wildman–Crippen LogP) is 1.51. The zero-order chi connectivity index (χ0) is 15.2. The Balaban J connectivity index is 1.88. The number of urea groups is 1. The average molecular weight is 297 g/mol. The van der Waals surface area contributed by atoms with E-state index >= 15 is 0 Å². The van der Waals surface area contributed by atoms with E-state index < -0.39 is 12.0 Å². The molecule has 2 N–H and O–H groups in total. The molecule has 0 aromatic rings. The summed E-state index contributed by atoms with van der Waals surface area (Å²) in [6.07, 6.45) is 5.78. The van der Waals surface area contributed by atoms with E-state index in [-0.39, 0.29) is 12.1 Å². The molecule has 2 heterocycles. The first-order valence-corrected chi connectivity index (χ1v) is 8.10. The first kappa shape index (κ1) is 16.1. The molecule has 0 aromatic carbocycles. The number of carbonyl (C=O) groups is 2. The normalized spacial score (nSPS) is 25.4. The summed E-state index contributed by atoms with van der Waals surface area (Å²) in [6, 6.07) is -0.851. The maximum Gasteiger partial charge on any atom is 0.326 e. The second-order valence-electron chi connectivity index (χ2n) is 6.26. The minimum Gasteiger partial charge on any atom is -0.480 e. The fourth-order valence-electron chi connectivity index (χ4n) is 3.30. The van der Waals surface area contributed by atoms with Crippen LogP contribution in [0.2, 0.25) is 0 Å². The lowest BCUT2D eigenvalue weighted by molar-refractivity contribution is -0.142. The van der Waals surface area contributed by atoms with Gasteiger partial charge in [0, 0.05) is 19.1 Å². The summed E-state index contributed by atoms with van der Waals surface area (Å²) in [4.78, 5) is 27.6. The molecule has 21 heavy (non-hydrogen) atoms. The highest BCUT2D eigenvalue weighted by atomic mass is 16.4. The minimum absolute atomic E-state index is 0.0493. The van der Waals surface area contributed by atoms with Crippen LogP contribution in [0.4, 0.5) is 4.79 Å². The summed E-state index contributed by atoms with van der Waals surface area (Å²) < 4.78 is 0. The molecule has 0 radical (unpaired) electrons. The van der Waals surface area contributed by atoms with E-state index in [0.717, 1.165) is 38.9 Å². The Kier molecular flexibility index (Phi) is 5.85. The van der Waals surface area contributed by atoms with Gasteiger partial charge in [-0.15, -0.1) is 0 Å². The number of rotatable bonds is 4. The predicted molar refractivity (Wildman–Crippen MR) is 80.3 cm³/mol. The van der Waals surface area contributed by atoms with Crippen molar-refractivity contribution < 1.29 is 14.7 Å². The van der Waals surface area contributed by atoms with Gasteiger partial charge in [0.1, 0.15) is 6.04 Å². The molecule has 2 amide bonds. The molecule has 0 aliphatic carbocycles. The summed E-state index contributed by atoms with van der Waals surface area (Å²) in [7, 11) is 0. The van der Waals surface area contributed by atoms with Gasteiger partial charge in [-0.25, -0.2) is 9.59 Å². The van der Waals surface area contributed by atoms with Crippen LogP contribution in [-0.4, -0.2) is 65.2 Å². The zero-order valence-corrected chi connectivity index (χ0v) is 12.9. The molecule has 2 rings (SSSR count). The first-order valence-electron chi connectivity index (χ1n) is 8.10. The Morgan fingerprint density at radius 1 is 1.14 bits per heavy atom. The lowest BCUT2D eigenvalue weighted by Crippen LogP contribution is -2.52. The number of carboxylic acids is 1. The maximum absolute atomic E-state index is 12.4. The van der Waals surface area contributed by atoms with Gasteiger partial charge in [-0.05, 0) is 45.7 Å². The second-order valence-corrected chi connectivity index (χ2v) is 6.26. The first-order chi connectivity index (χ1) is 10.1. The van der Waals surface area contributed by atoms with E-state index in [1.165, 1.54) is 17.7 Å². The molecule has 120 valence electrons. The zero-order valence-electron chi connectivity index (χ0n) is 12.9. The summed E-state index contributed by atoms with van der Waals surface area (Å²) in [5, 5.41) is 12.3. The van der Waals surface area contributed by atoms with Crippen LogP contribution in [0.15, 0.2) is 0 Å². The van der Waals surface area contributed by atoms with Crippen molar-refractivity contribution >= 4 is 12.0 Å². The Hall–Kier alpha value is -1.30. The van der Waals surface area contributed by atoms with Crippen LogP contribution in [0, 0.1) is 0 Å². The highest BCUT2D eigenvalue weighted by Crippen LogP contribution is 2.17. The van der Waals surface area contributed by atoms with E-state index in [1.807, 2.05) is 6.92 Å². The van der Waals surface area contributed by atoms with Crippen LogP contribution in [-0.2, 0) is 4.79 Å². The molecule has 0 spiro atoms. The molecule has 2 aliphatic rings. The largest absolute Gasteiger partial charge is 0.480 e. The van der Waals surface area contributed by atoms with Gasteiger partial charge in [0.25, 0.3) is 0 Å². The summed E-state index contributed by atoms with van der Waals surface area (Å²) in [5.74, 6) is -0.890. The van der Waals surface area contributed by atoms with Gasteiger partial charge in [0.2, 0.25) is 0 Å².